The first-order chi connectivity index (χ1) is 27.2. The Balaban J connectivity index is 0.000000265. The second-order valence-electron chi connectivity index (χ2n) is 18.2. The number of benzene rings is 4. The zero-order valence-electron chi connectivity index (χ0n) is 36.7. The van der Waals surface area contributed by atoms with Gasteiger partial charge in [-0.2, -0.15) is 0 Å². The van der Waals surface area contributed by atoms with Crippen LogP contribution in [0.15, 0.2) is 160 Å². The van der Waals surface area contributed by atoms with Crippen LogP contribution in [0.4, 0.5) is 34.4 Å². The van der Waals surface area contributed by atoms with E-state index in [2.05, 4.69) is 138 Å². The van der Waals surface area contributed by atoms with Crippen LogP contribution in [0.2, 0.25) is 0 Å². The number of aromatic nitrogens is 2. The van der Waals surface area contributed by atoms with Gasteiger partial charge in [-0.15, -0.1) is 37.6 Å². The molecule has 6 rings (SSSR count). The first-order valence-corrected chi connectivity index (χ1v) is 19.7. The van der Waals surface area contributed by atoms with Gasteiger partial charge in [-0.05, 0) is 86.9 Å². The maximum Gasteiger partial charge on any atom is 2.00 e. The van der Waals surface area contributed by atoms with Gasteiger partial charge in [-0.3, -0.25) is 0 Å². The molecule has 0 spiro atoms. The van der Waals surface area contributed by atoms with Crippen molar-refractivity contribution < 1.29 is 24.9 Å². The van der Waals surface area contributed by atoms with Crippen molar-refractivity contribution in [1.29, 1.82) is 0 Å². The minimum Gasteiger partial charge on any atom is -0.873 e. The summed E-state index contributed by atoms with van der Waals surface area (Å²) in [4.78, 5) is 8.07. The maximum absolute atomic E-state index is 13.4. The zero-order valence-corrected chi connectivity index (χ0v) is 39.2. The number of hydrogen-bond donors (Lipinski definition) is 0. The summed E-state index contributed by atoms with van der Waals surface area (Å²) in [7, 11) is 0. The Bertz CT molecular complexity index is 2030. The largest absolute Gasteiger partial charge is 2.00 e. The van der Waals surface area contributed by atoms with Gasteiger partial charge in [0.1, 0.15) is 0 Å². The molecule has 0 saturated heterocycles. The molecule has 0 aliphatic rings. The summed E-state index contributed by atoms with van der Waals surface area (Å²) in [6.45, 7) is 26.1. The van der Waals surface area contributed by atoms with Gasteiger partial charge in [-0.1, -0.05) is 168 Å². The number of nitrogens with zero attached hydrogens (tertiary/aromatic N) is 7. The fraction of sp³-hybridized carbons (Fsp3) is 0.320. The van der Waals surface area contributed by atoms with Crippen molar-refractivity contribution in [3.05, 3.63) is 167 Å². The minimum absolute atomic E-state index is 0. The molecule has 9 heteroatoms. The van der Waals surface area contributed by atoms with Gasteiger partial charge in [-0.25, -0.2) is 9.97 Å². The summed E-state index contributed by atoms with van der Waals surface area (Å²) in [5, 5.41) is 34.4. The van der Waals surface area contributed by atoms with E-state index in [0.29, 0.717) is 17.3 Å². The van der Waals surface area contributed by atoms with Gasteiger partial charge in [0.2, 0.25) is 0 Å². The van der Waals surface area contributed by atoms with Crippen molar-refractivity contribution in [1.82, 2.24) is 9.97 Å². The van der Waals surface area contributed by atoms with Gasteiger partial charge in [0.15, 0.2) is 11.6 Å². The van der Waals surface area contributed by atoms with E-state index in [-0.39, 0.29) is 47.2 Å². The van der Waals surface area contributed by atoms with Crippen LogP contribution < -0.4 is 5.11 Å². The van der Waals surface area contributed by atoms with Crippen molar-refractivity contribution in [2.24, 2.45) is 20.5 Å². The van der Waals surface area contributed by atoms with E-state index in [1.165, 1.54) is 11.1 Å². The molecule has 0 unspecified atom stereocenters. The molecule has 0 radical (unpaired) electrons. The third kappa shape index (κ3) is 15.7. The van der Waals surface area contributed by atoms with Crippen LogP contribution in [0.1, 0.15) is 105 Å². The average molecular weight is 964 g/mol. The predicted molar refractivity (Wildman–Crippen MR) is 240 cm³/mol. The van der Waals surface area contributed by atoms with E-state index < -0.39 is 0 Å². The van der Waals surface area contributed by atoms with Gasteiger partial charge < -0.3 is 10.4 Å². The van der Waals surface area contributed by atoms with Crippen LogP contribution in [-0.4, -0.2) is 9.97 Å². The summed E-state index contributed by atoms with van der Waals surface area (Å²) in [6.07, 6.45) is 3.39. The van der Waals surface area contributed by atoms with E-state index in [1.807, 2.05) is 103 Å². The number of rotatable bonds is 6. The topological polar surface area (TPSA) is 112 Å². The summed E-state index contributed by atoms with van der Waals surface area (Å²) >= 11 is 0. The molecule has 6 aromatic rings. The summed E-state index contributed by atoms with van der Waals surface area (Å²) in [6, 6.07) is 40.9. The second-order valence-corrected chi connectivity index (χ2v) is 18.2. The molecule has 0 bridgehead atoms. The summed E-state index contributed by atoms with van der Waals surface area (Å²) in [5.41, 5.74) is 7.25. The standard InChI is InChI=1S/C28H42NO.2C11H9N3.Os/c1-25(2,3)18-13-19(26(4,5)6)15-21(14-18)29-23-17-20(27(7,8)9)16-22(24(23)30)28(10,11)12;2*1-2-6-10(7-3-1)13-14-11-8-4-5-9-12-11;/h13-17,30H,1-12H3;2*1-9H;/q-1;;;+2/p-1. The van der Waals surface area contributed by atoms with Crippen molar-refractivity contribution in [3.63, 3.8) is 0 Å². The Kier molecular flexibility index (Phi) is 17.1. The molecule has 0 N–H and O–H groups in total. The normalized spacial score (nSPS) is 11.9. The van der Waals surface area contributed by atoms with Crippen LogP contribution in [0, 0.1) is 0 Å². The van der Waals surface area contributed by atoms with E-state index in [0.717, 1.165) is 28.2 Å². The second kappa shape index (κ2) is 21.0. The minimum atomic E-state index is -0.230. The average Bonchev–Trinajstić information content (AvgIpc) is 3.17. The van der Waals surface area contributed by atoms with Crippen LogP contribution in [0.3, 0.4) is 0 Å². The van der Waals surface area contributed by atoms with Crippen LogP contribution >= 0.6 is 0 Å². The maximum atomic E-state index is 13.4. The van der Waals surface area contributed by atoms with Crippen molar-refractivity contribution in [3.8, 4) is 5.75 Å². The molecule has 2 aromatic heterocycles. The molecule has 308 valence electrons. The zero-order chi connectivity index (χ0) is 42.6. The molecule has 59 heavy (non-hydrogen) atoms. The van der Waals surface area contributed by atoms with Gasteiger partial charge >= 0.3 is 19.8 Å². The van der Waals surface area contributed by atoms with Crippen molar-refractivity contribution in [2.75, 3.05) is 0 Å². The Morgan fingerprint density at radius 1 is 0.441 bits per heavy atom. The van der Waals surface area contributed by atoms with Gasteiger partial charge in [0.05, 0.1) is 11.4 Å². The summed E-state index contributed by atoms with van der Waals surface area (Å²) in [5.74, 6) is 1.28. The van der Waals surface area contributed by atoms with E-state index >= 15 is 0 Å². The molecule has 0 saturated carbocycles. The Morgan fingerprint density at radius 3 is 1.19 bits per heavy atom. The summed E-state index contributed by atoms with van der Waals surface area (Å²) < 4.78 is 0. The third-order valence-corrected chi connectivity index (χ3v) is 8.99. The van der Waals surface area contributed by atoms with Crippen molar-refractivity contribution in [2.45, 2.75) is 105 Å². The Morgan fingerprint density at radius 2 is 0.831 bits per heavy atom. The molecular formula is C50H59N7OOs. The van der Waals surface area contributed by atoms with Crippen LogP contribution in [0.25, 0.3) is 5.32 Å². The molecule has 0 fully saturated rings. The SMILES string of the molecule is CC(C)(C)c1cc([N-]c2cc(C(C)(C)C)cc(C(C)(C)C)c2[O-])cc(C(C)(C)C)c1.[Os+2].c1ccc(N=Nc2ccccn2)cc1.c1ccc(N=Nc2ccccn2)cc1. The number of azo groups is 2. The molecule has 4 aromatic carbocycles. The van der Waals surface area contributed by atoms with Gasteiger partial charge in [0.25, 0.3) is 0 Å². The molecule has 8 nitrogen and oxygen atoms in total. The molecule has 0 amide bonds. The molecule has 0 aliphatic heterocycles. The molecule has 0 aliphatic carbocycles. The quantitative estimate of drug-likeness (QED) is 0.155. The van der Waals surface area contributed by atoms with E-state index in [1.54, 1.807) is 12.4 Å². The Hall–Kier alpha value is -5.38. The van der Waals surface area contributed by atoms with Crippen molar-refractivity contribution >= 4 is 34.4 Å². The van der Waals surface area contributed by atoms with Crippen LogP contribution in [0.5, 0.6) is 5.75 Å². The van der Waals surface area contributed by atoms with Gasteiger partial charge in [0, 0.05) is 12.4 Å². The first-order valence-electron chi connectivity index (χ1n) is 19.7. The fourth-order valence-electron chi connectivity index (χ4n) is 5.40. The predicted octanol–water partition coefficient (Wildman–Crippen LogP) is 15.3. The van der Waals surface area contributed by atoms with Crippen LogP contribution in [-0.2, 0) is 41.5 Å². The molecule has 2 heterocycles. The first kappa shape index (κ1) is 48.0. The van der Waals surface area contributed by atoms with E-state index in [4.69, 9.17) is 5.32 Å². The number of pyridine rings is 2. The molecular weight excluding hydrogens is 905 g/mol. The monoisotopic (exact) mass is 965 g/mol. The molecule has 0 atom stereocenters. The van der Waals surface area contributed by atoms with E-state index in [9.17, 15) is 5.11 Å². The number of hydrogen-bond acceptors (Lipinski definition) is 7. The fourth-order valence-corrected chi connectivity index (χ4v) is 5.40. The third-order valence-electron chi connectivity index (χ3n) is 8.99. The smallest absolute Gasteiger partial charge is 0.873 e. The Labute approximate surface area is 365 Å².